The molecule has 1 aliphatic rings. The molecule has 0 saturated heterocycles. The number of rotatable bonds is 2. The van der Waals surface area contributed by atoms with Crippen molar-refractivity contribution >= 4 is 6.09 Å². The second-order valence-corrected chi connectivity index (χ2v) is 6.45. The maximum absolute atomic E-state index is 11.6. The Balaban J connectivity index is 1.94. The fraction of sp³-hybridized carbons (Fsp3) is 0.562. The first-order valence-corrected chi connectivity index (χ1v) is 7.09. The lowest BCUT2D eigenvalue weighted by atomic mass is 9.98. The van der Waals surface area contributed by atoms with Gasteiger partial charge in [0.1, 0.15) is 5.60 Å². The van der Waals surface area contributed by atoms with Crippen LogP contribution in [0.2, 0.25) is 0 Å². The molecule has 0 unspecified atom stereocenters. The van der Waals surface area contributed by atoms with Crippen LogP contribution in [-0.4, -0.2) is 30.2 Å². The molecule has 1 N–H and O–H groups in total. The van der Waals surface area contributed by atoms with Gasteiger partial charge in [-0.15, -0.1) is 0 Å². The smallest absolute Gasteiger partial charge is 0.407 e. The number of nitrogens with one attached hydrogen (secondary N) is 1. The zero-order valence-corrected chi connectivity index (χ0v) is 12.8. The third kappa shape index (κ3) is 4.23. The average Bonchev–Trinajstić information content (AvgIpc) is 2.33. The number of alkyl carbamates (subject to hydrolysis) is 1. The van der Waals surface area contributed by atoms with Gasteiger partial charge < -0.3 is 15.0 Å². The van der Waals surface area contributed by atoms with Gasteiger partial charge in [-0.05, 0) is 50.9 Å². The number of likely N-dealkylation sites (N-methyl/N-ethyl adjacent to an activating group) is 1. The van der Waals surface area contributed by atoms with Crippen molar-refractivity contribution < 1.29 is 9.53 Å². The fourth-order valence-corrected chi connectivity index (χ4v) is 2.35. The van der Waals surface area contributed by atoms with Crippen LogP contribution in [0, 0.1) is 0 Å². The molecule has 2 rings (SSSR count). The summed E-state index contributed by atoms with van der Waals surface area (Å²) in [4.78, 5) is 13.9. The summed E-state index contributed by atoms with van der Waals surface area (Å²) in [5.74, 6) is 0. The maximum atomic E-state index is 11.6. The second-order valence-electron chi connectivity index (χ2n) is 6.45. The van der Waals surface area contributed by atoms with Crippen LogP contribution in [0.15, 0.2) is 18.2 Å². The molecule has 0 spiro atoms. The maximum Gasteiger partial charge on any atom is 0.407 e. The molecule has 20 heavy (non-hydrogen) atoms. The molecule has 4 heteroatoms. The number of benzene rings is 1. The van der Waals surface area contributed by atoms with E-state index in [-0.39, 0.29) is 6.09 Å². The number of hydrogen-bond acceptors (Lipinski definition) is 3. The van der Waals surface area contributed by atoms with Crippen molar-refractivity contribution in [2.45, 2.75) is 45.9 Å². The SMILES string of the molecule is CN1CCc2ccc(CNC(=O)OC(C)(C)C)cc2C1. The first kappa shape index (κ1) is 14.9. The van der Waals surface area contributed by atoms with E-state index in [4.69, 9.17) is 4.74 Å². The number of hydrogen-bond donors (Lipinski definition) is 1. The summed E-state index contributed by atoms with van der Waals surface area (Å²) >= 11 is 0. The van der Waals surface area contributed by atoms with E-state index in [1.807, 2.05) is 20.8 Å². The molecule has 0 aromatic heterocycles. The monoisotopic (exact) mass is 276 g/mol. The summed E-state index contributed by atoms with van der Waals surface area (Å²) in [7, 11) is 2.13. The summed E-state index contributed by atoms with van der Waals surface area (Å²) in [5.41, 5.74) is 3.44. The van der Waals surface area contributed by atoms with Gasteiger partial charge in [-0.2, -0.15) is 0 Å². The van der Waals surface area contributed by atoms with E-state index in [0.717, 1.165) is 25.1 Å². The van der Waals surface area contributed by atoms with Crippen molar-refractivity contribution in [2.75, 3.05) is 13.6 Å². The minimum atomic E-state index is -0.456. The zero-order valence-electron chi connectivity index (χ0n) is 12.8. The standard InChI is InChI=1S/C16H24N2O2/c1-16(2,3)20-15(19)17-10-12-5-6-13-7-8-18(4)11-14(13)9-12/h5-6,9H,7-8,10-11H2,1-4H3,(H,17,19). The zero-order chi connectivity index (χ0) is 14.8. The molecule has 0 radical (unpaired) electrons. The van der Waals surface area contributed by atoms with Crippen LogP contribution in [0.1, 0.15) is 37.5 Å². The Morgan fingerprint density at radius 2 is 2.10 bits per heavy atom. The van der Waals surface area contributed by atoms with Crippen molar-refractivity contribution in [1.82, 2.24) is 10.2 Å². The topological polar surface area (TPSA) is 41.6 Å². The molecule has 1 aromatic carbocycles. The van der Waals surface area contributed by atoms with Gasteiger partial charge >= 0.3 is 6.09 Å². The van der Waals surface area contributed by atoms with Crippen LogP contribution in [0.3, 0.4) is 0 Å². The van der Waals surface area contributed by atoms with Gasteiger partial charge in [0.25, 0.3) is 0 Å². The third-order valence-corrected chi connectivity index (χ3v) is 3.31. The fourth-order valence-electron chi connectivity index (χ4n) is 2.35. The van der Waals surface area contributed by atoms with Crippen molar-refractivity contribution in [2.24, 2.45) is 0 Å². The number of ether oxygens (including phenoxy) is 1. The molecule has 1 heterocycles. The highest BCUT2D eigenvalue weighted by molar-refractivity contribution is 5.67. The van der Waals surface area contributed by atoms with E-state index in [9.17, 15) is 4.79 Å². The lowest BCUT2D eigenvalue weighted by Crippen LogP contribution is -2.32. The molecule has 1 aliphatic heterocycles. The van der Waals surface area contributed by atoms with Crippen LogP contribution >= 0.6 is 0 Å². The minimum Gasteiger partial charge on any atom is -0.444 e. The number of carbonyl (C=O) groups is 1. The highest BCUT2D eigenvalue weighted by Crippen LogP contribution is 2.19. The van der Waals surface area contributed by atoms with E-state index in [0.29, 0.717) is 6.54 Å². The molecule has 0 saturated carbocycles. The normalized spacial score (nSPS) is 15.6. The van der Waals surface area contributed by atoms with Crippen molar-refractivity contribution in [3.05, 3.63) is 34.9 Å². The molecule has 110 valence electrons. The summed E-state index contributed by atoms with van der Waals surface area (Å²) in [6.45, 7) is 8.19. The highest BCUT2D eigenvalue weighted by atomic mass is 16.6. The van der Waals surface area contributed by atoms with Crippen LogP contribution in [0.5, 0.6) is 0 Å². The van der Waals surface area contributed by atoms with Crippen LogP contribution in [0.4, 0.5) is 4.79 Å². The predicted octanol–water partition coefficient (Wildman–Crippen LogP) is 2.70. The van der Waals surface area contributed by atoms with Gasteiger partial charge in [-0.1, -0.05) is 18.2 Å². The molecular weight excluding hydrogens is 252 g/mol. The Hall–Kier alpha value is -1.55. The molecule has 4 nitrogen and oxygen atoms in total. The number of nitrogens with zero attached hydrogens (tertiary/aromatic N) is 1. The Morgan fingerprint density at radius 1 is 1.35 bits per heavy atom. The van der Waals surface area contributed by atoms with Crippen molar-refractivity contribution in [3.63, 3.8) is 0 Å². The number of carbonyl (C=O) groups excluding carboxylic acids is 1. The Labute approximate surface area is 121 Å². The molecule has 0 aliphatic carbocycles. The summed E-state index contributed by atoms with van der Waals surface area (Å²) in [6, 6.07) is 6.44. The van der Waals surface area contributed by atoms with E-state index in [1.165, 1.54) is 11.1 Å². The third-order valence-electron chi connectivity index (χ3n) is 3.31. The van der Waals surface area contributed by atoms with Gasteiger partial charge in [-0.25, -0.2) is 4.79 Å². The van der Waals surface area contributed by atoms with E-state index >= 15 is 0 Å². The summed E-state index contributed by atoms with van der Waals surface area (Å²) in [5, 5.41) is 2.80. The summed E-state index contributed by atoms with van der Waals surface area (Å²) in [6.07, 6.45) is 0.735. The predicted molar refractivity (Wildman–Crippen MR) is 79.6 cm³/mol. The van der Waals surface area contributed by atoms with E-state index in [2.05, 4.69) is 35.5 Å². The first-order chi connectivity index (χ1) is 9.33. The van der Waals surface area contributed by atoms with Crippen LogP contribution in [-0.2, 0) is 24.2 Å². The van der Waals surface area contributed by atoms with Gasteiger partial charge in [0, 0.05) is 19.6 Å². The van der Waals surface area contributed by atoms with Gasteiger partial charge in [0.05, 0.1) is 0 Å². The van der Waals surface area contributed by atoms with Crippen LogP contribution in [0.25, 0.3) is 0 Å². The molecule has 0 bridgehead atoms. The Bertz CT molecular complexity index is 492. The lowest BCUT2D eigenvalue weighted by molar-refractivity contribution is 0.0523. The molecule has 1 aromatic rings. The van der Waals surface area contributed by atoms with Crippen LogP contribution < -0.4 is 5.32 Å². The van der Waals surface area contributed by atoms with Gasteiger partial charge in [-0.3, -0.25) is 0 Å². The van der Waals surface area contributed by atoms with Gasteiger partial charge in [0.15, 0.2) is 0 Å². The van der Waals surface area contributed by atoms with Gasteiger partial charge in [0.2, 0.25) is 0 Å². The molecule has 1 amide bonds. The number of amides is 1. The first-order valence-electron chi connectivity index (χ1n) is 7.09. The lowest BCUT2D eigenvalue weighted by Gasteiger charge is -2.25. The molecule has 0 atom stereocenters. The average molecular weight is 276 g/mol. The summed E-state index contributed by atoms with van der Waals surface area (Å²) < 4.78 is 5.23. The van der Waals surface area contributed by atoms with E-state index < -0.39 is 5.60 Å². The minimum absolute atomic E-state index is 0.368. The molecule has 0 fully saturated rings. The highest BCUT2D eigenvalue weighted by Gasteiger charge is 2.16. The Kier molecular flexibility index (Phi) is 4.33. The van der Waals surface area contributed by atoms with Crippen molar-refractivity contribution in [1.29, 1.82) is 0 Å². The second kappa shape index (κ2) is 5.83. The van der Waals surface area contributed by atoms with E-state index in [1.54, 1.807) is 0 Å². The largest absolute Gasteiger partial charge is 0.444 e. The molecular formula is C16H24N2O2. The number of fused-ring (bicyclic) bond motifs is 1. The Morgan fingerprint density at radius 3 is 2.80 bits per heavy atom. The van der Waals surface area contributed by atoms with Crippen molar-refractivity contribution in [3.8, 4) is 0 Å². The quantitative estimate of drug-likeness (QED) is 0.903.